The molecular formula is C26H27N7O. The van der Waals surface area contributed by atoms with Crippen molar-refractivity contribution in [2.75, 3.05) is 18.4 Å². The number of anilines is 1. The standard InChI is InChI=1S/C26H27N7O/c27-25(31-26(34)30-24-8-2-5-20-15-28-10-9-23(20)24)21-6-3-12-32(17-21)16-19-4-1-7-22(14-19)33-13-11-29-18-33/h1-2,4-5,7-11,13-15,18,21H,3,6,12,16-17H2,(H3,27,30,31,34). The van der Waals surface area contributed by atoms with Gasteiger partial charge in [-0.25, -0.2) is 9.78 Å². The first-order valence-corrected chi connectivity index (χ1v) is 11.4. The molecule has 1 aliphatic heterocycles. The Balaban J connectivity index is 1.23. The lowest BCUT2D eigenvalue weighted by Gasteiger charge is -2.32. The highest BCUT2D eigenvalue weighted by atomic mass is 16.2. The van der Waals surface area contributed by atoms with Crippen molar-refractivity contribution in [3.8, 4) is 5.69 Å². The van der Waals surface area contributed by atoms with Gasteiger partial charge in [-0.15, -0.1) is 0 Å². The Kier molecular flexibility index (Phi) is 6.31. The maximum absolute atomic E-state index is 12.6. The van der Waals surface area contributed by atoms with Crippen LogP contribution in [0.15, 0.2) is 84.6 Å². The van der Waals surface area contributed by atoms with E-state index in [1.54, 1.807) is 24.9 Å². The molecule has 0 aliphatic carbocycles. The number of aliphatic imine (C=N–C) groups is 1. The van der Waals surface area contributed by atoms with Gasteiger partial charge in [0.2, 0.25) is 0 Å². The van der Waals surface area contributed by atoms with Crippen molar-refractivity contribution in [3.05, 3.63) is 85.2 Å². The molecule has 4 aromatic rings. The largest absolute Gasteiger partial charge is 0.387 e. The average molecular weight is 454 g/mol. The van der Waals surface area contributed by atoms with Crippen LogP contribution in [0.5, 0.6) is 0 Å². The number of nitrogens with one attached hydrogen (secondary N) is 1. The van der Waals surface area contributed by atoms with Gasteiger partial charge in [-0.3, -0.25) is 9.88 Å². The van der Waals surface area contributed by atoms with Crippen LogP contribution in [-0.4, -0.2) is 44.4 Å². The fraction of sp³-hybridized carbons (Fsp3) is 0.231. The van der Waals surface area contributed by atoms with E-state index < -0.39 is 6.03 Å². The summed E-state index contributed by atoms with van der Waals surface area (Å²) in [4.78, 5) is 27.4. The molecule has 172 valence electrons. The summed E-state index contributed by atoms with van der Waals surface area (Å²) < 4.78 is 2.00. The van der Waals surface area contributed by atoms with E-state index in [1.165, 1.54) is 5.56 Å². The molecule has 0 saturated carbocycles. The number of urea groups is 1. The third kappa shape index (κ3) is 4.97. The van der Waals surface area contributed by atoms with Crippen molar-refractivity contribution in [1.82, 2.24) is 19.4 Å². The van der Waals surface area contributed by atoms with E-state index in [0.717, 1.165) is 48.9 Å². The molecule has 1 atom stereocenters. The number of imidazole rings is 1. The van der Waals surface area contributed by atoms with E-state index >= 15 is 0 Å². The Morgan fingerprint density at radius 2 is 2.06 bits per heavy atom. The van der Waals surface area contributed by atoms with Gasteiger partial charge in [-0.2, -0.15) is 4.99 Å². The smallest absolute Gasteiger partial charge is 0.347 e. The zero-order valence-corrected chi connectivity index (χ0v) is 18.8. The number of likely N-dealkylation sites (tertiary alicyclic amines) is 1. The van der Waals surface area contributed by atoms with Crippen LogP contribution in [0.4, 0.5) is 10.5 Å². The molecule has 34 heavy (non-hydrogen) atoms. The molecular weight excluding hydrogens is 426 g/mol. The van der Waals surface area contributed by atoms with Crippen molar-refractivity contribution in [2.24, 2.45) is 16.6 Å². The van der Waals surface area contributed by atoms with Gasteiger partial charge in [0.15, 0.2) is 0 Å². The van der Waals surface area contributed by atoms with Crippen LogP contribution in [0.3, 0.4) is 0 Å². The Bertz CT molecular complexity index is 1310. The number of hydrogen-bond acceptors (Lipinski definition) is 4. The van der Waals surface area contributed by atoms with Crippen molar-refractivity contribution in [2.45, 2.75) is 19.4 Å². The van der Waals surface area contributed by atoms with Crippen LogP contribution in [0, 0.1) is 5.92 Å². The summed E-state index contributed by atoms with van der Waals surface area (Å²) in [6, 6.07) is 15.6. The molecule has 1 aliphatic rings. The topological polar surface area (TPSA) is 101 Å². The number of hydrogen-bond donors (Lipinski definition) is 2. The van der Waals surface area contributed by atoms with Crippen LogP contribution < -0.4 is 11.1 Å². The van der Waals surface area contributed by atoms with E-state index in [0.29, 0.717) is 11.5 Å². The molecule has 0 bridgehead atoms. The fourth-order valence-corrected chi connectivity index (χ4v) is 4.51. The minimum Gasteiger partial charge on any atom is -0.387 e. The average Bonchev–Trinajstić information content (AvgIpc) is 3.40. The molecule has 8 nitrogen and oxygen atoms in total. The van der Waals surface area contributed by atoms with Gasteiger partial charge in [0, 0.05) is 60.3 Å². The zero-order valence-electron chi connectivity index (χ0n) is 18.8. The number of fused-ring (bicyclic) bond motifs is 1. The molecule has 0 spiro atoms. The second-order valence-electron chi connectivity index (χ2n) is 8.58. The fourth-order valence-electron chi connectivity index (χ4n) is 4.51. The van der Waals surface area contributed by atoms with Crippen LogP contribution in [-0.2, 0) is 6.54 Å². The number of pyridine rings is 1. The first kappa shape index (κ1) is 21.8. The minimum atomic E-state index is -0.452. The third-order valence-electron chi connectivity index (χ3n) is 6.20. The van der Waals surface area contributed by atoms with E-state index in [-0.39, 0.29) is 5.92 Å². The number of carbonyl (C=O) groups excluding carboxylic acids is 1. The lowest BCUT2D eigenvalue weighted by molar-refractivity contribution is 0.196. The summed E-state index contributed by atoms with van der Waals surface area (Å²) in [5.74, 6) is 0.435. The molecule has 3 N–H and O–H groups in total. The summed E-state index contributed by atoms with van der Waals surface area (Å²) in [6.07, 6.45) is 10.9. The highest BCUT2D eigenvalue weighted by molar-refractivity contribution is 6.05. The molecule has 5 rings (SSSR count). The monoisotopic (exact) mass is 453 g/mol. The van der Waals surface area contributed by atoms with Gasteiger partial charge in [0.1, 0.15) is 5.84 Å². The first-order valence-electron chi connectivity index (χ1n) is 11.4. The molecule has 8 heteroatoms. The number of carbonyl (C=O) groups is 1. The molecule has 1 unspecified atom stereocenters. The van der Waals surface area contributed by atoms with Gasteiger partial charge >= 0.3 is 6.03 Å². The quantitative estimate of drug-likeness (QED) is 0.348. The number of benzene rings is 2. The second-order valence-corrected chi connectivity index (χ2v) is 8.58. The summed E-state index contributed by atoms with van der Waals surface area (Å²) in [6.45, 7) is 2.59. The summed E-state index contributed by atoms with van der Waals surface area (Å²) in [7, 11) is 0. The number of nitrogens with two attached hydrogens (primary N) is 1. The maximum Gasteiger partial charge on any atom is 0.347 e. The van der Waals surface area contributed by atoms with Crippen molar-refractivity contribution < 1.29 is 4.79 Å². The molecule has 2 amide bonds. The number of piperidine rings is 1. The molecule has 1 saturated heterocycles. The van der Waals surface area contributed by atoms with E-state index in [1.807, 2.05) is 35.0 Å². The van der Waals surface area contributed by atoms with E-state index in [9.17, 15) is 4.79 Å². The number of rotatable bonds is 5. The minimum absolute atomic E-state index is 0.0491. The van der Waals surface area contributed by atoms with Crippen molar-refractivity contribution in [1.29, 1.82) is 0 Å². The van der Waals surface area contributed by atoms with Gasteiger partial charge < -0.3 is 15.6 Å². The van der Waals surface area contributed by atoms with Crippen molar-refractivity contribution >= 4 is 28.3 Å². The second kappa shape index (κ2) is 9.84. The third-order valence-corrected chi connectivity index (χ3v) is 6.20. The summed E-state index contributed by atoms with van der Waals surface area (Å²) >= 11 is 0. The first-order chi connectivity index (χ1) is 16.7. The Morgan fingerprint density at radius 1 is 1.15 bits per heavy atom. The van der Waals surface area contributed by atoms with Crippen LogP contribution in [0.2, 0.25) is 0 Å². The van der Waals surface area contributed by atoms with Crippen molar-refractivity contribution in [3.63, 3.8) is 0 Å². The molecule has 0 radical (unpaired) electrons. The van der Waals surface area contributed by atoms with Gasteiger partial charge in [0.05, 0.1) is 12.0 Å². The number of amidine groups is 1. The maximum atomic E-state index is 12.6. The summed E-state index contributed by atoms with van der Waals surface area (Å²) in [5.41, 5.74) is 9.32. The lowest BCUT2D eigenvalue weighted by atomic mass is 9.96. The number of nitrogens with zero attached hydrogens (tertiary/aromatic N) is 5. The molecule has 2 aromatic heterocycles. The Hall–Kier alpha value is -4.04. The summed E-state index contributed by atoms with van der Waals surface area (Å²) in [5, 5.41) is 4.74. The predicted molar refractivity (Wildman–Crippen MR) is 134 cm³/mol. The van der Waals surface area contributed by atoms with Gasteiger partial charge in [-0.1, -0.05) is 24.3 Å². The van der Waals surface area contributed by atoms with Crippen LogP contribution in [0.25, 0.3) is 16.5 Å². The molecule has 1 fully saturated rings. The van der Waals surface area contributed by atoms with E-state index in [4.69, 9.17) is 5.73 Å². The van der Waals surface area contributed by atoms with E-state index in [2.05, 4.69) is 49.4 Å². The normalized spacial score (nSPS) is 17.1. The Morgan fingerprint density at radius 3 is 2.94 bits per heavy atom. The SMILES string of the molecule is N/C(=N\C(=O)Nc1cccc2cnccc12)C1CCCN(Cc2cccc(-n3ccnc3)c2)C1. The predicted octanol–water partition coefficient (Wildman–Crippen LogP) is 4.22. The molecule has 2 aromatic carbocycles. The molecule has 3 heterocycles. The highest BCUT2D eigenvalue weighted by Gasteiger charge is 2.23. The highest BCUT2D eigenvalue weighted by Crippen LogP contribution is 2.23. The number of amides is 2. The van der Waals surface area contributed by atoms with Gasteiger partial charge in [-0.05, 0) is 49.2 Å². The van der Waals surface area contributed by atoms with Gasteiger partial charge in [0.25, 0.3) is 0 Å². The lowest BCUT2D eigenvalue weighted by Crippen LogP contribution is -2.41. The Labute approximate surface area is 198 Å². The van der Waals surface area contributed by atoms with Crippen LogP contribution in [0.1, 0.15) is 18.4 Å². The number of aromatic nitrogens is 3. The van der Waals surface area contributed by atoms with Crippen LogP contribution >= 0.6 is 0 Å². The zero-order chi connectivity index (χ0) is 23.3.